The van der Waals surface area contributed by atoms with E-state index < -0.39 is 0 Å². The van der Waals surface area contributed by atoms with Crippen LogP contribution >= 0.6 is 0 Å². The number of aryl methyl sites for hydroxylation is 2. The summed E-state index contributed by atoms with van der Waals surface area (Å²) in [4.78, 5) is 12.7. The Labute approximate surface area is 245 Å². The molecule has 0 saturated heterocycles. The van der Waals surface area contributed by atoms with Gasteiger partial charge in [-0.05, 0) is 35.3 Å². The average Bonchev–Trinajstić information content (AvgIpc) is 3.00. The van der Waals surface area contributed by atoms with Crippen LogP contribution in [0.25, 0.3) is 33.8 Å². The second-order valence-electron chi connectivity index (χ2n) is 8.48. The molecule has 0 aliphatic heterocycles. The fourth-order valence-corrected chi connectivity index (χ4v) is 3.44. The first-order valence-corrected chi connectivity index (χ1v) is 12.4. The smallest absolute Gasteiger partial charge is 0.305 e. The Morgan fingerprint density at radius 2 is 0.846 bits per heavy atom. The van der Waals surface area contributed by atoms with Crippen molar-refractivity contribution in [3.8, 4) is 33.8 Å². The molecule has 0 radical (unpaired) electrons. The van der Waals surface area contributed by atoms with E-state index in [2.05, 4.69) is 59.1 Å². The maximum Gasteiger partial charge on any atom is 3.00 e. The van der Waals surface area contributed by atoms with Crippen molar-refractivity contribution in [3.05, 3.63) is 163 Å². The number of aromatic nitrogens is 3. The first-order valence-electron chi connectivity index (χ1n) is 12.4. The molecule has 6 aromatic rings. The Bertz CT molecular complexity index is 1350. The molecule has 0 amide bonds. The van der Waals surface area contributed by atoms with Crippen LogP contribution in [0.4, 0.5) is 0 Å². The van der Waals surface area contributed by atoms with Gasteiger partial charge in [-0.1, -0.05) is 50.2 Å². The van der Waals surface area contributed by atoms with E-state index in [1.54, 1.807) is 18.6 Å². The van der Waals surface area contributed by atoms with E-state index in [9.17, 15) is 0 Å². The van der Waals surface area contributed by atoms with Gasteiger partial charge in [0.1, 0.15) is 0 Å². The third kappa shape index (κ3) is 9.54. The van der Waals surface area contributed by atoms with Gasteiger partial charge < -0.3 is 15.0 Å². The van der Waals surface area contributed by atoms with Crippen molar-refractivity contribution >= 4 is 0 Å². The molecule has 3 heterocycles. The Morgan fingerprint density at radius 1 is 0.436 bits per heavy atom. The molecule has 0 atom stereocenters. The van der Waals surface area contributed by atoms with Crippen LogP contribution in [0.5, 0.6) is 0 Å². The number of pyridine rings is 3. The molecule has 3 aromatic carbocycles. The molecule has 0 bridgehead atoms. The van der Waals surface area contributed by atoms with E-state index in [1.165, 1.54) is 11.1 Å². The normalized spacial score (nSPS) is 9.59. The molecule has 0 N–H and O–H groups in total. The topological polar surface area (TPSA) is 38.7 Å². The first-order chi connectivity index (χ1) is 18.7. The molecule has 3 aromatic heterocycles. The quantitative estimate of drug-likeness (QED) is 0.177. The minimum atomic E-state index is 0. The molecular formula is C35H28IrN3. The van der Waals surface area contributed by atoms with Gasteiger partial charge in [-0.15, -0.1) is 107 Å². The first kappa shape index (κ1) is 29.3. The molecule has 6 rings (SSSR count). The second kappa shape index (κ2) is 15.9. The van der Waals surface area contributed by atoms with Crippen molar-refractivity contribution < 1.29 is 20.1 Å². The van der Waals surface area contributed by atoms with Crippen LogP contribution in [0.15, 0.2) is 134 Å². The Kier molecular flexibility index (Phi) is 11.9. The number of hydrogen-bond acceptors (Lipinski definition) is 3. The molecule has 0 fully saturated rings. The van der Waals surface area contributed by atoms with Gasteiger partial charge in [-0.3, -0.25) is 0 Å². The van der Waals surface area contributed by atoms with E-state index in [1.807, 2.05) is 103 Å². The monoisotopic (exact) mass is 683 g/mol. The van der Waals surface area contributed by atoms with Crippen LogP contribution in [0, 0.1) is 32.0 Å². The van der Waals surface area contributed by atoms with Crippen LogP contribution in [0.3, 0.4) is 0 Å². The molecule has 3 nitrogen and oxygen atoms in total. The van der Waals surface area contributed by atoms with E-state index >= 15 is 0 Å². The number of hydrogen-bond donors (Lipinski definition) is 0. The van der Waals surface area contributed by atoms with Crippen molar-refractivity contribution in [2.24, 2.45) is 0 Å². The largest absolute Gasteiger partial charge is 3.00 e. The molecule has 0 spiro atoms. The summed E-state index contributed by atoms with van der Waals surface area (Å²) in [5.74, 6) is 0. The molecule has 4 heteroatoms. The molecule has 0 unspecified atom stereocenters. The number of rotatable bonds is 3. The van der Waals surface area contributed by atoms with E-state index in [0.717, 1.165) is 33.8 Å². The number of nitrogens with zero attached hydrogens (tertiary/aromatic N) is 3. The summed E-state index contributed by atoms with van der Waals surface area (Å²) in [5.41, 5.74) is 8.50. The predicted octanol–water partition coefficient (Wildman–Crippen LogP) is 8.26. The summed E-state index contributed by atoms with van der Waals surface area (Å²) in [5, 5.41) is 0. The van der Waals surface area contributed by atoms with Crippen molar-refractivity contribution in [2.45, 2.75) is 13.8 Å². The summed E-state index contributed by atoms with van der Waals surface area (Å²) in [6.07, 6.45) is 5.38. The molecular weight excluding hydrogens is 655 g/mol. The minimum absolute atomic E-state index is 0. The molecule has 192 valence electrons. The Morgan fingerprint density at radius 3 is 1.15 bits per heavy atom. The molecule has 0 saturated carbocycles. The van der Waals surface area contributed by atoms with E-state index in [4.69, 9.17) is 0 Å². The number of benzene rings is 3. The van der Waals surface area contributed by atoms with Gasteiger partial charge in [0.15, 0.2) is 0 Å². The van der Waals surface area contributed by atoms with Gasteiger partial charge in [0, 0.05) is 18.6 Å². The zero-order valence-electron chi connectivity index (χ0n) is 21.9. The van der Waals surface area contributed by atoms with Crippen LogP contribution in [-0.2, 0) is 20.1 Å². The molecule has 39 heavy (non-hydrogen) atoms. The van der Waals surface area contributed by atoms with Crippen molar-refractivity contribution in [1.29, 1.82) is 0 Å². The van der Waals surface area contributed by atoms with E-state index in [0.29, 0.717) is 0 Å². The van der Waals surface area contributed by atoms with Gasteiger partial charge in [-0.2, -0.15) is 0 Å². The van der Waals surface area contributed by atoms with Crippen LogP contribution < -0.4 is 0 Å². The fourth-order valence-electron chi connectivity index (χ4n) is 3.44. The van der Waals surface area contributed by atoms with Crippen molar-refractivity contribution in [3.63, 3.8) is 0 Å². The summed E-state index contributed by atoms with van der Waals surface area (Å²) >= 11 is 0. The Balaban J connectivity index is 0.000000160. The maximum atomic E-state index is 4.25. The van der Waals surface area contributed by atoms with Gasteiger partial charge in [0.2, 0.25) is 0 Å². The minimum Gasteiger partial charge on any atom is -0.305 e. The summed E-state index contributed by atoms with van der Waals surface area (Å²) in [6.45, 7) is 4.11. The van der Waals surface area contributed by atoms with Gasteiger partial charge in [0.25, 0.3) is 0 Å². The summed E-state index contributed by atoms with van der Waals surface area (Å²) in [7, 11) is 0. The van der Waals surface area contributed by atoms with Crippen molar-refractivity contribution in [2.75, 3.05) is 0 Å². The average molecular weight is 683 g/mol. The van der Waals surface area contributed by atoms with Gasteiger partial charge in [-0.25, -0.2) is 0 Å². The fraction of sp³-hybridized carbons (Fsp3) is 0.0571. The molecule has 0 aliphatic rings. The second-order valence-corrected chi connectivity index (χ2v) is 8.48. The van der Waals surface area contributed by atoms with Crippen LogP contribution in [-0.4, -0.2) is 15.0 Å². The SMILES string of the molecule is Cc1c[c-]c(-c2ccccn2)cc1.Cc1c[c-]c(-c2ccccn2)cc1.[Ir+3].[c-]1ccccc1-c1ccccn1. The van der Waals surface area contributed by atoms with Crippen molar-refractivity contribution in [1.82, 2.24) is 15.0 Å². The third-order valence-electron chi connectivity index (χ3n) is 5.47. The van der Waals surface area contributed by atoms with E-state index in [-0.39, 0.29) is 20.1 Å². The van der Waals surface area contributed by atoms with Gasteiger partial charge in [0.05, 0.1) is 0 Å². The predicted molar refractivity (Wildman–Crippen MR) is 155 cm³/mol. The van der Waals surface area contributed by atoms with Crippen LogP contribution in [0.1, 0.15) is 11.1 Å². The van der Waals surface area contributed by atoms with Crippen LogP contribution in [0.2, 0.25) is 0 Å². The standard InChI is InChI=1S/2C12H10N.C11H8N.Ir/c2*1-10-5-7-11(8-6-10)12-4-2-3-9-13-12;1-2-6-10(7-3-1)11-8-4-5-9-12-11;/h2*2-7,9H,1H3;1-6,8-9H;/q3*-1;+3. The third-order valence-corrected chi connectivity index (χ3v) is 5.47. The molecule has 0 aliphatic carbocycles. The Hall–Kier alpha value is -4.24. The maximum absolute atomic E-state index is 4.25. The summed E-state index contributed by atoms with van der Waals surface area (Å²) < 4.78 is 0. The summed E-state index contributed by atoms with van der Waals surface area (Å²) in [6, 6.07) is 47.1. The van der Waals surface area contributed by atoms with Gasteiger partial charge >= 0.3 is 20.1 Å². The zero-order valence-corrected chi connectivity index (χ0v) is 24.3. The zero-order chi connectivity index (χ0) is 26.4.